The topological polar surface area (TPSA) is 81.0 Å². The van der Waals surface area contributed by atoms with Crippen molar-refractivity contribution in [1.82, 2.24) is 4.57 Å². The summed E-state index contributed by atoms with van der Waals surface area (Å²) in [6, 6.07) is 3.36. The molecule has 1 aromatic heterocycles. The van der Waals surface area contributed by atoms with Crippen molar-refractivity contribution in [3.8, 4) is 11.8 Å². The Morgan fingerprint density at radius 2 is 2.04 bits per heavy atom. The van der Waals surface area contributed by atoms with E-state index in [4.69, 9.17) is 11.0 Å². The molecule has 0 atom stereocenters. The van der Waals surface area contributed by atoms with Crippen molar-refractivity contribution >= 4 is 11.7 Å². The van der Waals surface area contributed by atoms with Gasteiger partial charge in [0, 0.05) is 6.20 Å². The molecule has 120 valence electrons. The number of aromatic nitrogens is 1. The Kier molecular flexibility index (Phi) is 4.01. The largest absolute Gasteiger partial charge is 0.464 e. The summed E-state index contributed by atoms with van der Waals surface area (Å²) in [5.41, 5.74) is 2.99. The number of carbonyl (C=O) groups excluding carboxylic acids is 1. The van der Waals surface area contributed by atoms with Crippen molar-refractivity contribution in [2.45, 2.75) is 6.18 Å². The molecule has 0 fully saturated rings. The van der Waals surface area contributed by atoms with E-state index in [0.717, 1.165) is 17.9 Å². The van der Waals surface area contributed by atoms with Gasteiger partial charge in [0.2, 0.25) is 0 Å². The third kappa shape index (κ3) is 2.83. The summed E-state index contributed by atoms with van der Waals surface area (Å²) in [5.74, 6) is -2.04. The molecule has 2 rings (SSSR count). The van der Waals surface area contributed by atoms with E-state index < -0.39 is 34.9 Å². The SMILES string of the molecule is COC(=O)c1c(N)c(C#N)cn1-c1cc(C(F)(F)F)ccc1F. The molecule has 0 spiro atoms. The van der Waals surface area contributed by atoms with Crippen molar-refractivity contribution < 1.29 is 27.1 Å². The summed E-state index contributed by atoms with van der Waals surface area (Å²) in [7, 11) is 1.02. The van der Waals surface area contributed by atoms with Crippen LogP contribution in [-0.4, -0.2) is 17.6 Å². The fourth-order valence-electron chi connectivity index (χ4n) is 1.98. The number of nitrogens with zero attached hydrogens (tertiary/aromatic N) is 2. The molecule has 23 heavy (non-hydrogen) atoms. The molecular formula is C14H9F4N3O2. The van der Waals surface area contributed by atoms with Gasteiger partial charge in [0.25, 0.3) is 0 Å². The van der Waals surface area contributed by atoms with Gasteiger partial charge < -0.3 is 15.0 Å². The first kappa shape index (κ1) is 16.4. The van der Waals surface area contributed by atoms with Crippen LogP contribution in [0.1, 0.15) is 21.6 Å². The van der Waals surface area contributed by atoms with E-state index >= 15 is 0 Å². The lowest BCUT2D eigenvalue weighted by Gasteiger charge is -2.12. The van der Waals surface area contributed by atoms with Gasteiger partial charge in [-0.25, -0.2) is 9.18 Å². The number of hydrogen-bond donors (Lipinski definition) is 1. The van der Waals surface area contributed by atoms with E-state index in [1.165, 1.54) is 0 Å². The van der Waals surface area contributed by atoms with Gasteiger partial charge in [-0.05, 0) is 18.2 Å². The van der Waals surface area contributed by atoms with Gasteiger partial charge in [-0.15, -0.1) is 0 Å². The molecule has 2 N–H and O–H groups in total. The molecule has 0 saturated heterocycles. The molecule has 0 radical (unpaired) electrons. The first-order valence-corrected chi connectivity index (χ1v) is 6.07. The Morgan fingerprint density at radius 1 is 1.39 bits per heavy atom. The predicted molar refractivity (Wildman–Crippen MR) is 71.2 cm³/mol. The number of alkyl halides is 3. The lowest BCUT2D eigenvalue weighted by Crippen LogP contribution is -2.13. The number of benzene rings is 1. The van der Waals surface area contributed by atoms with Crippen LogP contribution in [0.25, 0.3) is 5.69 Å². The predicted octanol–water partition coefficient (Wildman–Crippen LogP) is 2.88. The number of halogens is 4. The molecule has 1 heterocycles. The lowest BCUT2D eigenvalue weighted by molar-refractivity contribution is -0.137. The molecule has 9 heteroatoms. The van der Waals surface area contributed by atoms with Crippen molar-refractivity contribution in [2.24, 2.45) is 0 Å². The van der Waals surface area contributed by atoms with Crippen LogP contribution >= 0.6 is 0 Å². The molecule has 0 amide bonds. The van der Waals surface area contributed by atoms with Crippen LogP contribution in [0.2, 0.25) is 0 Å². The van der Waals surface area contributed by atoms with E-state index in [1.807, 2.05) is 0 Å². The van der Waals surface area contributed by atoms with Gasteiger partial charge >= 0.3 is 12.1 Å². The number of esters is 1. The number of nitriles is 1. The van der Waals surface area contributed by atoms with E-state index in [9.17, 15) is 22.4 Å². The Balaban J connectivity index is 2.77. The van der Waals surface area contributed by atoms with Gasteiger partial charge in [-0.1, -0.05) is 0 Å². The number of carbonyl (C=O) groups is 1. The Bertz CT molecular complexity index is 819. The van der Waals surface area contributed by atoms with Crippen molar-refractivity contribution in [3.63, 3.8) is 0 Å². The molecule has 0 aliphatic heterocycles. The first-order chi connectivity index (χ1) is 10.7. The minimum atomic E-state index is -4.70. The van der Waals surface area contributed by atoms with Crippen LogP contribution in [0, 0.1) is 17.1 Å². The maximum Gasteiger partial charge on any atom is 0.416 e. The highest BCUT2D eigenvalue weighted by atomic mass is 19.4. The standard InChI is InChI=1S/C14H9F4N3O2/c1-23-13(22)12-11(20)7(5-19)6-21(12)10-4-8(14(16,17)18)2-3-9(10)15/h2-4,6H,20H2,1H3. The maximum absolute atomic E-state index is 14.0. The molecule has 0 saturated carbocycles. The zero-order valence-electron chi connectivity index (χ0n) is 11.6. The third-order valence-electron chi connectivity index (χ3n) is 3.08. The van der Waals surface area contributed by atoms with Crippen LogP contribution in [0.3, 0.4) is 0 Å². The van der Waals surface area contributed by atoms with Crippen LogP contribution in [0.4, 0.5) is 23.2 Å². The van der Waals surface area contributed by atoms with Crippen molar-refractivity contribution in [2.75, 3.05) is 12.8 Å². The molecule has 5 nitrogen and oxygen atoms in total. The van der Waals surface area contributed by atoms with Gasteiger partial charge in [-0.2, -0.15) is 18.4 Å². The molecule has 1 aromatic carbocycles. The van der Waals surface area contributed by atoms with E-state index in [-0.39, 0.29) is 11.3 Å². The second-order valence-corrected chi connectivity index (χ2v) is 4.44. The fourth-order valence-corrected chi connectivity index (χ4v) is 1.98. The highest BCUT2D eigenvalue weighted by Gasteiger charge is 2.32. The van der Waals surface area contributed by atoms with Gasteiger partial charge in [0.15, 0.2) is 5.69 Å². The monoisotopic (exact) mass is 327 g/mol. The smallest absolute Gasteiger partial charge is 0.416 e. The molecule has 0 unspecified atom stereocenters. The second-order valence-electron chi connectivity index (χ2n) is 4.44. The van der Waals surface area contributed by atoms with Gasteiger partial charge in [0.1, 0.15) is 11.9 Å². The summed E-state index contributed by atoms with van der Waals surface area (Å²) < 4.78 is 57.6. The quantitative estimate of drug-likeness (QED) is 0.679. The minimum Gasteiger partial charge on any atom is -0.464 e. The highest BCUT2D eigenvalue weighted by Crippen LogP contribution is 2.33. The van der Waals surface area contributed by atoms with Gasteiger partial charge in [-0.3, -0.25) is 0 Å². The fraction of sp³-hybridized carbons (Fsp3) is 0.143. The summed E-state index contributed by atoms with van der Waals surface area (Å²) in [6.45, 7) is 0. The van der Waals surface area contributed by atoms with Crippen molar-refractivity contribution in [1.29, 1.82) is 5.26 Å². The molecule has 0 bridgehead atoms. The molecule has 2 aromatic rings. The Labute approximate surface area is 127 Å². The second kappa shape index (κ2) is 5.64. The van der Waals surface area contributed by atoms with Crippen molar-refractivity contribution in [3.05, 3.63) is 47.0 Å². The number of anilines is 1. The summed E-state index contributed by atoms with van der Waals surface area (Å²) in [4.78, 5) is 11.8. The average molecular weight is 327 g/mol. The summed E-state index contributed by atoms with van der Waals surface area (Å²) >= 11 is 0. The first-order valence-electron chi connectivity index (χ1n) is 6.07. The lowest BCUT2D eigenvalue weighted by atomic mass is 10.2. The third-order valence-corrected chi connectivity index (χ3v) is 3.08. The zero-order chi connectivity index (χ0) is 17.4. The van der Waals surface area contributed by atoms with Gasteiger partial charge in [0.05, 0.1) is 29.6 Å². The Hall–Kier alpha value is -3.02. The normalized spacial score (nSPS) is 11.1. The van der Waals surface area contributed by atoms with Crippen LogP contribution in [0.5, 0.6) is 0 Å². The summed E-state index contributed by atoms with van der Waals surface area (Å²) in [6.07, 6.45) is -3.73. The minimum absolute atomic E-state index is 0.192. The molecular weight excluding hydrogens is 318 g/mol. The number of methoxy groups -OCH3 is 1. The number of nitrogens with two attached hydrogens (primary N) is 1. The summed E-state index contributed by atoms with van der Waals surface area (Å²) in [5, 5.41) is 8.94. The number of ether oxygens (including phenoxy) is 1. The molecule has 0 aliphatic rings. The van der Waals surface area contributed by atoms with Crippen LogP contribution in [-0.2, 0) is 10.9 Å². The van der Waals surface area contributed by atoms with Crippen LogP contribution in [0.15, 0.2) is 24.4 Å². The Morgan fingerprint density at radius 3 is 2.57 bits per heavy atom. The maximum atomic E-state index is 14.0. The number of hydrogen-bond acceptors (Lipinski definition) is 4. The number of nitrogen functional groups attached to an aromatic ring is 1. The van der Waals surface area contributed by atoms with Crippen LogP contribution < -0.4 is 5.73 Å². The van der Waals surface area contributed by atoms with E-state index in [1.54, 1.807) is 6.07 Å². The van der Waals surface area contributed by atoms with E-state index in [0.29, 0.717) is 18.2 Å². The van der Waals surface area contributed by atoms with E-state index in [2.05, 4.69) is 4.74 Å². The average Bonchev–Trinajstić information content (AvgIpc) is 2.82. The number of rotatable bonds is 2. The zero-order valence-corrected chi connectivity index (χ0v) is 11.6. The molecule has 0 aliphatic carbocycles. The highest BCUT2D eigenvalue weighted by molar-refractivity contribution is 5.95.